The zero-order chi connectivity index (χ0) is 15.5. The number of benzene rings is 2. The summed E-state index contributed by atoms with van der Waals surface area (Å²) in [5.41, 5.74) is 1.54. The predicted octanol–water partition coefficient (Wildman–Crippen LogP) is 4.66. The maximum absolute atomic E-state index is 9.22. The Morgan fingerprint density at radius 1 is 1.00 bits per heavy atom. The van der Waals surface area contributed by atoms with Gasteiger partial charge in [-0.3, -0.25) is 0 Å². The van der Waals surface area contributed by atoms with Crippen LogP contribution in [0.3, 0.4) is 0 Å². The van der Waals surface area contributed by atoms with Crippen LogP contribution in [-0.4, -0.2) is 7.11 Å². The number of hydrogen-bond donors (Lipinski definition) is 0. The fourth-order valence-corrected chi connectivity index (χ4v) is 2.10. The van der Waals surface area contributed by atoms with E-state index in [1.54, 1.807) is 25.3 Å². The number of para-hydroxylation sites is 1. The zero-order valence-corrected chi connectivity index (χ0v) is 12.8. The van der Waals surface area contributed by atoms with Gasteiger partial charge in [0, 0.05) is 11.6 Å². The summed E-state index contributed by atoms with van der Waals surface area (Å²) in [4.78, 5) is 0. The molecule has 108 valence electrons. The monoisotopic (exact) mass is 281 g/mol. The first-order valence-corrected chi connectivity index (χ1v) is 6.81. The lowest BCUT2D eigenvalue weighted by molar-refractivity contribution is 0.407. The predicted molar refractivity (Wildman–Crippen MR) is 82.9 cm³/mol. The van der Waals surface area contributed by atoms with Crippen molar-refractivity contribution in [1.29, 1.82) is 5.26 Å². The molecule has 2 aromatic rings. The van der Waals surface area contributed by atoms with Crippen LogP contribution >= 0.6 is 0 Å². The van der Waals surface area contributed by atoms with Gasteiger partial charge in [0.25, 0.3) is 0 Å². The minimum atomic E-state index is -0.0394. The van der Waals surface area contributed by atoms with E-state index in [0.29, 0.717) is 17.1 Å². The molecule has 21 heavy (non-hydrogen) atoms. The number of methoxy groups -OCH3 is 1. The Morgan fingerprint density at radius 2 is 1.71 bits per heavy atom. The second-order valence-corrected chi connectivity index (χ2v) is 5.82. The van der Waals surface area contributed by atoms with Gasteiger partial charge < -0.3 is 9.47 Å². The molecule has 2 aromatic carbocycles. The highest BCUT2D eigenvalue weighted by Crippen LogP contribution is 2.36. The van der Waals surface area contributed by atoms with Gasteiger partial charge in [-0.1, -0.05) is 39.0 Å². The van der Waals surface area contributed by atoms with Crippen LogP contribution in [0.15, 0.2) is 42.5 Å². The van der Waals surface area contributed by atoms with Gasteiger partial charge in [-0.25, -0.2) is 0 Å². The molecule has 0 heterocycles. The van der Waals surface area contributed by atoms with Crippen molar-refractivity contribution < 1.29 is 9.47 Å². The fraction of sp³-hybridized carbons (Fsp3) is 0.278. The third-order valence-electron chi connectivity index (χ3n) is 3.22. The lowest BCUT2D eigenvalue weighted by Crippen LogP contribution is -2.12. The summed E-state index contributed by atoms with van der Waals surface area (Å²) >= 11 is 0. The lowest BCUT2D eigenvalue weighted by atomic mass is 9.86. The van der Waals surface area contributed by atoms with Crippen molar-refractivity contribution in [2.24, 2.45) is 0 Å². The molecule has 0 aliphatic rings. The van der Waals surface area contributed by atoms with Gasteiger partial charge in [0.1, 0.15) is 23.3 Å². The SMILES string of the molecule is COc1ccc(C#N)c(Oc2ccccc2C(C)(C)C)c1. The van der Waals surface area contributed by atoms with Crippen LogP contribution in [0, 0.1) is 11.3 Å². The van der Waals surface area contributed by atoms with E-state index in [2.05, 4.69) is 26.8 Å². The topological polar surface area (TPSA) is 42.2 Å². The molecule has 0 aliphatic carbocycles. The molecule has 0 amide bonds. The van der Waals surface area contributed by atoms with Crippen molar-refractivity contribution in [2.75, 3.05) is 7.11 Å². The highest BCUT2D eigenvalue weighted by Gasteiger charge is 2.19. The minimum Gasteiger partial charge on any atom is -0.497 e. The first-order chi connectivity index (χ1) is 9.95. The van der Waals surface area contributed by atoms with Crippen molar-refractivity contribution in [3.63, 3.8) is 0 Å². The maximum Gasteiger partial charge on any atom is 0.148 e. The van der Waals surface area contributed by atoms with Crippen LogP contribution in [0.2, 0.25) is 0 Å². The van der Waals surface area contributed by atoms with E-state index >= 15 is 0 Å². The molecule has 0 aromatic heterocycles. The molecule has 0 bridgehead atoms. The molecule has 0 unspecified atom stereocenters. The summed E-state index contributed by atoms with van der Waals surface area (Å²) in [6.45, 7) is 6.39. The van der Waals surface area contributed by atoms with E-state index in [4.69, 9.17) is 9.47 Å². The highest BCUT2D eigenvalue weighted by molar-refractivity contribution is 5.51. The molecule has 0 radical (unpaired) electrons. The van der Waals surface area contributed by atoms with Crippen LogP contribution in [0.25, 0.3) is 0 Å². The molecule has 0 saturated heterocycles. The van der Waals surface area contributed by atoms with Crippen molar-refractivity contribution >= 4 is 0 Å². The molecule has 0 atom stereocenters. The van der Waals surface area contributed by atoms with E-state index in [0.717, 1.165) is 11.3 Å². The number of nitrogens with zero attached hydrogens (tertiary/aromatic N) is 1. The molecule has 3 nitrogen and oxygen atoms in total. The van der Waals surface area contributed by atoms with Crippen LogP contribution in [-0.2, 0) is 5.41 Å². The van der Waals surface area contributed by atoms with Crippen molar-refractivity contribution in [1.82, 2.24) is 0 Å². The Morgan fingerprint density at radius 3 is 2.33 bits per heavy atom. The molecule has 0 fully saturated rings. The van der Waals surface area contributed by atoms with E-state index in [-0.39, 0.29) is 5.41 Å². The Kier molecular flexibility index (Phi) is 4.18. The van der Waals surface area contributed by atoms with Crippen molar-refractivity contribution in [3.05, 3.63) is 53.6 Å². The van der Waals surface area contributed by atoms with Crippen LogP contribution in [0.1, 0.15) is 31.9 Å². The average molecular weight is 281 g/mol. The molecule has 0 saturated carbocycles. The van der Waals surface area contributed by atoms with E-state index in [1.165, 1.54) is 0 Å². The number of ether oxygens (including phenoxy) is 2. The van der Waals surface area contributed by atoms with Gasteiger partial charge in [0.05, 0.1) is 12.7 Å². The van der Waals surface area contributed by atoms with Crippen LogP contribution in [0.4, 0.5) is 0 Å². The van der Waals surface area contributed by atoms with Crippen LogP contribution < -0.4 is 9.47 Å². The van der Waals surface area contributed by atoms with E-state index in [1.807, 2.05) is 24.3 Å². The third kappa shape index (κ3) is 3.35. The van der Waals surface area contributed by atoms with E-state index in [9.17, 15) is 5.26 Å². The standard InChI is InChI=1S/C18H19NO2/c1-18(2,3)15-7-5-6-8-16(15)21-17-11-14(20-4)10-9-13(17)12-19/h5-11H,1-4H3. The summed E-state index contributed by atoms with van der Waals surface area (Å²) in [7, 11) is 1.59. The van der Waals surface area contributed by atoms with Crippen molar-refractivity contribution in [2.45, 2.75) is 26.2 Å². The van der Waals surface area contributed by atoms with Crippen molar-refractivity contribution in [3.8, 4) is 23.3 Å². The maximum atomic E-state index is 9.22. The van der Waals surface area contributed by atoms with Gasteiger partial charge >= 0.3 is 0 Å². The normalized spacial score (nSPS) is 10.8. The first kappa shape index (κ1) is 14.9. The Hall–Kier alpha value is -2.47. The Balaban J connectivity index is 2.46. The van der Waals surface area contributed by atoms with Gasteiger partial charge in [0.2, 0.25) is 0 Å². The largest absolute Gasteiger partial charge is 0.497 e. The summed E-state index contributed by atoms with van der Waals surface area (Å²) in [5, 5.41) is 9.22. The van der Waals surface area contributed by atoms with Gasteiger partial charge in [-0.15, -0.1) is 0 Å². The molecular formula is C18H19NO2. The number of nitriles is 1. The summed E-state index contributed by atoms with van der Waals surface area (Å²) in [6.07, 6.45) is 0. The second-order valence-electron chi connectivity index (χ2n) is 5.82. The quantitative estimate of drug-likeness (QED) is 0.822. The third-order valence-corrected chi connectivity index (χ3v) is 3.22. The second kappa shape index (κ2) is 5.88. The molecule has 0 spiro atoms. The van der Waals surface area contributed by atoms with Gasteiger partial charge in [0.15, 0.2) is 0 Å². The first-order valence-electron chi connectivity index (χ1n) is 6.81. The number of hydrogen-bond acceptors (Lipinski definition) is 3. The molecule has 3 heteroatoms. The molecule has 0 N–H and O–H groups in total. The summed E-state index contributed by atoms with van der Waals surface area (Å²) < 4.78 is 11.2. The van der Waals surface area contributed by atoms with Gasteiger partial charge in [-0.05, 0) is 23.6 Å². The number of rotatable bonds is 3. The average Bonchev–Trinajstić information content (AvgIpc) is 2.46. The molecule has 2 rings (SSSR count). The minimum absolute atomic E-state index is 0.0394. The highest BCUT2D eigenvalue weighted by atomic mass is 16.5. The zero-order valence-electron chi connectivity index (χ0n) is 12.8. The lowest BCUT2D eigenvalue weighted by Gasteiger charge is -2.22. The summed E-state index contributed by atoms with van der Waals surface area (Å²) in [5.74, 6) is 1.93. The molecular weight excluding hydrogens is 262 g/mol. The van der Waals surface area contributed by atoms with Crippen LogP contribution in [0.5, 0.6) is 17.2 Å². The summed E-state index contributed by atoms with van der Waals surface area (Å²) in [6, 6.07) is 15.2. The van der Waals surface area contributed by atoms with E-state index < -0.39 is 0 Å². The Labute approximate surface area is 125 Å². The fourth-order valence-electron chi connectivity index (χ4n) is 2.10. The molecule has 0 aliphatic heterocycles. The van der Waals surface area contributed by atoms with Gasteiger partial charge in [-0.2, -0.15) is 5.26 Å². The Bertz CT molecular complexity index is 678. The smallest absolute Gasteiger partial charge is 0.148 e.